The summed E-state index contributed by atoms with van der Waals surface area (Å²) in [6, 6.07) is 0.450. The second-order valence-electron chi connectivity index (χ2n) is 6.14. The summed E-state index contributed by atoms with van der Waals surface area (Å²) in [5.74, 6) is 1.49. The molecule has 1 aliphatic carbocycles. The van der Waals surface area contributed by atoms with Crippen molar-refractivity contribution < 1.29 is 4.74 Å². The Hall–Kier alpha value is -0.120. The Morgan fingerprint density at radius 2 is 1.85 bits per heavy atom. The molecular formula is C17H36N2O. The van der Waals surface area contributed by atoms with Gasteiger partial charge in [-0.2, -0.15) is 0 Å². The summed E-state index contributed by atoms with van der Waals surface area (Å²) in [6.07, 6.45) is 7.97. The fourth-order valence-electron chi connectivity index (χ4n) is 3.53. The van der Waals surface area contributed by atoms with Crippen molar-refractivity contribution >= 4 is 0 Å². The first kappa shape index (κ1) is 17.9. The average Bonchev–Trinajstić information content (AvgIpc) is 2.50. The van der Waals surface area contributed by atoms with Gasteiger partial charge in [-0.1, -0.05) is 26.7 Å². The quantitative estimate of drug-likeness (QED) is 0.842. The van der Waals surface area contributed by atoms with Crippen molar-refractivity contribution in [1.82, 2.24) is 4.90 Å². The summed E-state index contributed by atoms with van der Waals surface area (Å²) in [5, 5.41) is 0. The third-order valence-electron chi connectivity index (χ3n) is 4.62. The summed E-state index contributed by atoms with van der Waals surface area (Å²) in [4.78, 5) is 2.64. The van der Waals surface area contributed by atoms with Gasteiger partial charge >= 0.3 is 0 Å². The fraction of sp³-hybridized carbons (Fsp3) is 1.00. The van der Waals surface area contributed by atoms with Crippen molar-refractivity contribution in [1.29, 1.82) is 0 Å². The standard InChI is InChI=1S/C15H30N2O.C2H6/c1-2-18-12-13-6-5-9-17(10-13)11-14-7-3-4-8-15(14)16;1-2/h13-15H,2-12,16H2,1H3;1-2H3/t13?,14-,15?;/m0./s1. The zero-order valence-electron chi connectivity index (χ0n) is 13.9. The van der Waals surface area contributed by atoms with E-state index in [1.807, 2.05) is 13.8 Å². The van der Waals surface area contributed by atoms with E-state index in [0.29, 0.717) is 6.04 Å². The Balaban J connectivity index is 0.000000956. The molecule has 0 spiro atoms. The lowest BCUT2D eigenvalue weighted by molar-refractivity contribution is 0.0574. The molecular weight excluding hydrogens is 248 g/mol. The van der Waals surface area contributed by atoms with E-state index in [4.69, 9.17) is 10.5 Å². The molecule has 2 aliphatic rings. The smallest absolute Gasteiger partial charge is 0.0506 e. The lowest BCUT2D eigenvalue weighted by Crippen LogP contribution is -2.45. The second kappa shape index (κ2) is 10.6. The van der Waals surface area contributed by atoms with Crippen LogP contribution in [0.5, 0.6) is 0 Å². The van der Waals surface area contributed by atoms with E-state index in [9.17, 15) is 0 Å². The molecule has 1 heterocycles. The highest BCUT2D eigenvalue weighted by molar-refractivity contribution is 4.82. The van der Waals surface area contributed by atoms with Crippen LogP contribution in [0.4, 0.5) is 0 Å². The van der Waals surface area contributed by atoms with E-state index >= 15 is 0 Å². The molecule has 1 saturated carbocycles. The number of nitrogens with zero attached hydrogens (tertiary/aromatic N) is 1. The molecule has 2 rings (SSSR count). The van der Waals surface area contributed by atoms with Gasteiger partial charge in [0.2, 0.25) is 0 Å². The maximum atomic E-state index is 6.26. The first-order chi connectivity index (χ1) is 9.79. The number of likely N-dealkylation sites (tertiary alicyclic amines) is 1. The number of hydrogen-bond acceptors (Lipinski definition) is 3. The summed E-state index contributed by atoms with van der Waals surface area (Å²) in [6.45, 7) is 11.6. The molecule has 2 N–H and O–H groups in total. The van der Waals surface area contributed by atoms with Crippen LogP contribution < -0.4 is 5.73 Å². The van der Waals surface area contributed by atoms with E-state index in [2.05, 4.69) is 11.8 Å². The molecule has 0 bridgehead atoms. The monoisotopic (exact) mass is 284 g/mol. The minimum Gasteiger partial charge on any atom is -0.381 e. The minimum absolute atomic E-state index is 0.450. The van der Waals surface area contributed by atoms with Gasteiger partial charge in [-0.15, -0.1) is 0 Å². The number of piperidine rings is 1. The van der Waals surface area contributed by atoms with Crippen LogP contribution in [0.3, 0.4) is 0 Å². The normalized spacial score (nSPS) is 31.5. The second-order valence-corrected chi connectivity index (χ2v) is 6.14. The molecule has 1 saturated heterocycles. The highest BCUT2D eigenvalue weighted by Crippen LogP contribution is 2.26. The Morgan fingerprint density at radius 1 is 1.10 bits per heavy atom. The first-order valence-corrected chi connectivity index (χ1v) is 8.85. The Bertz CT molecular complexity index is 235. The molecule has 3 atom stereocenters. The molecule has 3 nitrogen and oxygen atoms in total. The molecule has 0 aromatic rings. The SMILES string of the molecule is CC.CCOCC1CCCN(C[C@@H]2CCCCC2N)C1. The van der Waals surface area contributed by atoms with Crippen LogP contribution in [-0.4, -0.2) is 43.8 Å². The Labute approximate surface area is 126 Å². The topological polar surface area (TPSA) is 38.5 Å². The molecule has 1 aliphatic heterocycles. The summed E-state index contributed by atoms with van der Waals surface area (Å²) in [5.41, 5.74) is 6.26. The predicted molar refractivity (Wildman–Crippen MR) is 86.9 cm³/mol. The van der Waals surface area contributed by atoms with E-state index in [-0.39, 0.29) is 0 Å². The van der Waals surface area contributed by atoms with Gasteiger partial charge in [0.05, 0.1) is 6.61 Å². The minimum atomic E-state index is 0.450. The van der Waals surface area contributed by atoms with Crippen LogP contribution in [0.25, 0.3) is 0 Å². The number of hydrogen-bond donors (Lipinski definition) is 1. The predicted octanol–water partition coefficient (Wildman–Crippen LogP) is 3.28. The van der Waals surface area contributed by atoms with E-state index in [0.717, 1.165) is 25.0 Å². The molecule has 2 unspecified atom stereocenters. The van der Waals surface area contributed by atoms with Gasteiger partial charge in [-0.05, 0) is 51.0 Å². The summed E-state index contributed by atoms with van der Waals surface area (Å²) < 4.78 is 5.58. The van der Waals surface area contributed by atoms with Gasteiger partial charge in [0, 0.05) is 25.7 Å². The van der Waals surface area contributed by atoms with Crippen molar-refractivity contribution in [2.75, 3.05) is 32.8 Å². The summed E-state index contributed by atoms with van der Waals surface area (Å²) >= 11 is 0. The van der Waals surface area contributed by atoms with Crippen LogP contribution in [0, 0.1) is 11.8 Å². The van der Waals surface area contributed by atoms with Crippen molar-refractivity contribution in [3.05, 3.63) is 0 Å². The largest absolute Gasteiger partial charge is 0.381 e. The highest BCUT2D eigenvalue weighted by atomic mass is 16.5. The molecule has 120 valence electrons. The van der Waals surface area contributed by atoms with Gasteiger partial charge in [0.15, 0.2) is 0 Å². The Morgan fingerprint density at radius 3 is 2.55 bits per heavy atom. The molecule has 20 heavy (non-hydrogen) atoms. The van der Waals surface area contributed by atoms with Crippen LogP contribution in [-0.2, 0) is 4.74 Å². The van der Waals surface area contributed by atoms with Crippen LogP contribution in [0.15, 0.2) is 0 Å². The third kappa shape index (κ3) is 6.11. The van der Waals surface area contributed by atoms with Crippen molar-refractivity contribution in [3.8, 4) is 0 Å². The van der Waals surface area contributed by atoms with Gasteiger partial charge in [0.25, 0.3) is 0 Å². The first-order valence-electron chi connectivity index (χ1n) is 8.85. The van der Waals surface area contributed by atoms with E-state index in [1.165, 1.54) is 58.2 Å². The third-order valence-corrected chi connectivity index (χ3v) is 4.62. The molecule has 2 fully saturated rings. The number of nitrogens with two attached hydrogens (primary N) is 1. The van der Waals surface area contributed by atoms with Crippen LogP contribution >= 0.6 is 0 Å². The van der Waals surface area contributed by atoms with E-state index in [1.54, 1.807) is 0 Å². The van der Waals surface area contributed by atoms with Crippen molar-refractivity contribution in [2.45, 2.75) is 65.3 Å². The number of ether oxygens (including phenoxy) is 1. The highest BCUT2D eigenvalue weighted by Gasteiger charge is 2.26. The lowest BCUT2D eigenvalue weighted by Gasteiger charge is -2.38. The molecule has 0 radical (unpaired) electrons. The maximum absolute atomic E-state index is 6.26. The molecule has 0 aromatic heterocycles. The molecule has 0 amide bonds. The van der Waals surface area contributed by atoms with Gasteiger partial charge in [-0.3, -0.25) is 0 Å². The summed E-state index contributed by atoms with van der Waals surface area (Å²) in [7, 11) is 0. The number of rotatable bonds is 5. The Kier molecular flexibility index (Phi) is 9.49. The van der Waals surface area contributed by atoms with Crippen LogP contribution in [0.2, 0.25) is 0 Å². The van der Waals surface area contributed by atoms with Crippen molar-refractivity contribution in [3.63, 3.8) is 0 Å². The van der Waals surface area contributed by atoms with Gasteiger partial charge in [-0.25, -0.2) is 0 Å². The van der Waals surface area contributed by atoms with Crippen molar-refractivity contribution in [2.24, 2.45) is 17.6 Å². The zero-order valence-corrected chi connectivity index (χ0v) is 13.9. The fourth-order valence-corrected chi connectivity index (χ4v) is 3.53. The van der Waals surface area contributed by atoms with Gasteiger partial charge in [0.1, 0.15) is 0 Å². The zero-order chi connectivity index (χ0) is 14.8. The molecule has 3 heteroatoms. The molecule has 0 aromatic carbocycles. The van der Waals surface area contributed by atoms with E-state index < -0.39 is 0 Å². The van der Waals surface area contributed by atoms with Gasteiger partial charge < -0.3 is 15.4 Å². The van der Waals surface area contributed by atoms with Crippen LogP contribution in [0.1, 0.15) is 59.3 Å². The lowest BCUT2D eigenvalue weighted by atomic mass is 9.84. The average molecular weight is 284 g/mol. The maximum Gasteiger partial charge on any atom is 0.0506 e.